The van der Waals surface area contributed by atoms with Crippen molar-refractivity contribution in [2.45, 2.75) is 32.2 Å². The molecule has 1 N–H and O–H groups in total. The van der Waals surface area contributed by atoms with Gasteiger partial charge in [0.15, 0.2) is 0 Å². The predicted octanol–water partition coefficient (Wildman–Crippen LogP) is 2.59. The van der Waals surface area contributed by atoms with Crippen molar-refractivity contribution in [3.63, 3.8) is 0 Å². The number of aromatic nitrogens is 1. The van der Waals surface area contributed by atoms with Gasteiger partial charge in [-0.25, -0.2) is 4.98 Å². The summed E-state index contributed by atoms with van der Waals surface area (Å²) in [5, 5.41) is 13.8. The normalized spacial score (nSPS) is 24.3. The van der Waals surface area contributed by atoms with E-state index in [1.54, 1.807) is 6.07 Å². The second-order valence-electron chi connectivity index (χ2n) is 4.32. The molecule has 1 aliphatic rings. The molecule has 1 saturated carbocycles. The highest BCUT2D eigenvalue weighted by Crippen LogP contribution is 2.27. The molecular formula is C11H15N3O2. The van der Waals surface area contributed by atoms with Crippen molar-refractivity contribution in [1.29, 1.82) is 0 Å². The molecule has 5 heteroatoms. The van der Waals surface area contributed by atoms with E-state index in [0.717, 1.165) is 12.2 Å². The summed E-state index contributed by atoms with van der Waals surface area (Å²) < 4.78 is 0. The fourth-order valence-electron chi connectivity index (χ4n) is 2.13. The molecule has 0 bridgehead atoms. The highest BCUT2D eigenvalue weighted by atomic mass is 16.6. The molecular weight excluding hydrogens is 206 g/mol. The van der Waals surface area contributed by atoms with Crippen LogP contribution in [0.1, 0.15) is 26.2 Å². The number of nitrogens with one attached hydrogen (secondary N) is 1. The van der Waals surface area contributed by atoms with E-state index in [0.29, 0.717) is 12.0 Å². The monoisotopic (exact) mass is 221 g/mol. The van der Waals surface area contributed by atoms with Gasteiger partial charge in [0, 0.05) is 12.1 Å². The van der Waals surface area contributed by atoms with Crippen LogP contribution in [0.5, 0.6) is 0 Å². The molecule has 0 saturated heterocycles. The van der Waals surface area contributed by atoms with E-state index in [-0.39, 0.29) is 5.69 Å². The van der Waals surface area contributed by atoms with Gasteiger partial charge in [-0.05, 0) is 24.8 Å². The number of nitro groups is 1. The molecule has 0 radical (unpaired) electrons. The van der Waals surface area contributed by atoms with Crippen LogP contribution in [-0.2, 0) is 0 Å². The van der Waals surface area contributed by atoms with Gasteiger partial charge in [0.05, 0.1) is 4.92 Å². The third-order valence-electron chi connectivity index (χ3n) is 3.15. The van der Waals surface area contributed by atoms with Crippen LogP contribution in [-0.4, -0.2) is 15.9 Å². The summed E-state index contributed by atoms with van der Waals surface area (Å²) in [5.74, 6) is 1.38. The molecule has 0 aliphatic heterocycles. The Morgan fingerprint density at radius 2 is 2.31 bits per heavy atom. The van der Waals surface area contributed by atoms with Crippen LogP contribution in [0.3, 0.4) is 0 Å². The van der Waals surface area contributed by atoms with Gasteiger partial charge in [0.2, 0.25) is 0 Å². The topological polar surface area (TPSA) is 68.1 Å². The molecule has 5 nitrogen and oxygen atoms in total. The first-order chi connectivity index (χ1) is 7.66. The molecule has 1 aromatic heterocycles. The van der Waals surface area contributed by atoms with E-state index < -0.39 is 4.92 Å². The van der Waals surface area contributed by atoms with E-state index in [9.17, 15) is 10.1 Å². The maximum absolute atomic E-state index is 10.5. The average molecular weight is 221 g/mol. The van der Waals surface area contributed by atoms with Crippen LogP contribution in [0, 0.1) is 16.0 Å². The minimum absolute atomic E-state index is 0.0324. The van der Waals surface area contributed by atoms with Crippen molar-refractivity contribution >= 4 is 11.5 Å². The van der Waals surface area contributed by atoms with E-state index in [4.69, 9.17) is 0 Å². The highest BCUT2D eigenvalue weighted by Gasteiger charge is 2.23. The van der Waals surface area contributed by atoms with Crippen molar-refractivity contribution in [2.75, 3.05) is 5.32 Å². The van der Waals surface area contributed by atoms with Crippen LogP contribution in [0.25, 0.3) is 0 Å². The van der Waals surface area contributed by atoms with E-state index in [1.807, 2.05) is 0 Å². The Morgan fingerprint density at radius 3 is 2.81 bits per heavy atom. The van der Waals surface area contributed by atoms with Crippen molar-refractivity contribution in [3.8, 4) is 0 Å². The van der Waals surface area contributed by atoms with Gasteiger partial charge >= 0.3 is 0 Å². The van der Waals surface area contributed by atoms with Gasteiger partial charge in [-0.3, -0.25) is 10.1 Å². The molecule has 1 heterocycles. The van der Waals surface area contributed by atoms with Crippen LogP contribution >= 0.6 is 0 Å². The Labute approximate surface area is 94.0 Å². The molecule has 2 rings (SSSR count). The number of pyridine rings is 1. The molecule has 0 spiro atoms. The minimum atomic E-state index is -0.436. The lowest BCUT2D eigenvalue weighted by Gasteiger charge is -2.17. The highest BCUT2D eigenvalue weighted by molar-refractivity contribution is 5.41. The van der Waals surface area contributed by atoms with Crippen LogP contribution in [0.15, 0.2) is 18.3 Å². The second kappa shape index (κ2) is 4.47. The van der Waals surface area contributed by atoms with Crippen molar-refractivity contribution in [1.82, 2.24) is 4.98 Å². The molecule has 2 unspecified atom stereocenters. The number of rotatable bonds is 3. The minimum Gasteiger partial charge on any atom is -0.367 e. The summed E-state index contributed by atoms with van der Waals surface area (Å²) in [4.78, 5) is 14.1. The molecule has 0 amide bonds. The van der Waals surface area contributed by atoms with E-state index in [2.05, 4.69) is 17.2 Å². The Morgan fingerprint density at radius 1 is 1.50 bits per heavy atom. The van der Waals surface area contributed by atoms with E-state index >= 15 is 0 Å². The SMILES string of the molecule is CC1CCCC1Nc1ccc([N+](=O)[O-])cn1. The van der Waals surface area contributed by atoms with Gasteiger partial charge in [-0.1, -0.05) is 13.3 Å². The van der Waals surface area contributed by atoms with E-state index in [1.165, 1.54) is 25.1 Å². The lowest BCUT2D eigenvalue weighted by Crippen LogP contribution is -2.22. The lowest BCUT2D eigenvalue weighted by atomic mass is 10.1. The number of hydrogen-bond acceptors (Lipinski definition) is 4. The zero-order valence-corrected chi connectivity index (χ0v) is 9.22. The second-order valence-corrected chi connectivity index (χ2v) is 4.32. The number of anilines is 1. The largest absolute Gasteiger partial charge is 0.367 e. The number of nitrogens with zero attached hydrogens (tertiary/aromatic N) is 2. The van der Waals surface area contributed by atoms with Crippen molar-refractivity contribution < 1.29 is 4.92 Å². The molecule has 1 aromatic rings. The third kappa shape index (κ3) is 2.29. The summed E-state index contributed by atoms with van der Waals surface area (Å²) >= 11 is 0. The van der Waals surface area contributed by atoms with Crippen molar-refractivity contribution in [3.05, 3.63) is 28.4 Å². The fourth-order valence-corrected chi connectivity index (χ4v) is 2.13. The zero-order valence-electron chi connectivity index (χ0n) is 9.22. The first-order valence-corrected chi connectivity index (χ1v) is 5.54. The van der Waals surface area contributed by atoms with Crippen LogP contribution in [0.4, 0.5) is 11.5 Å². The molecule has 0 aromatic carbocycles. The molecule has 1 fully saturated rings. The first kappa shape index (κ1) is 10.9. The molecule has 2 atom stereocenters. The Hall–Kier alpha value is -1.65. The van der Waals surface area contributed by atoms with Crippen molar-refractivity contribution in [2.24, 2.45) is 5.92 Å². The van der Waals surface area contributed by atoms with Crippen LogP contribution in [0.2, 0.25) is 0 Å². The Kier molecular flexibility index (Phi) is 3.03. The molecule has 16 heavy (non-hydrogen) atoms. The first-order valence-electron chi connectivity index (χ1n) is 5.54. The van der Waals surface area contributed by atoms with Gasteiger partial charge in [-0.15, -0.1) is 0 Å². The van der Waals surface area contributed by atoms with Gasteiger partial charge in [0.25, 0.3) is 5.69 Å². The summed E-state index contributed by atoms with van der Waals surface area (Å²) in [7, 11) is 0. The fraction of sp³-hybridized carbons (Fsp3) is 0.545. The van der Waals surface area contributed by atoms with Crippen LogP contribution < -0.4 is 5.32 Å². The smallest absolute Gasteiger partial charge is 0.287 e. The van der Waals surface area contributed by atoms with Gasteiger partial charge in [0.1, 0.15) is 12.0 Å². The summed E-state index contributed by atoms with van der Waals surface area (Å²) in [5.41, 5.74) is 0.0324. The standard InChI is InChI=1S/C11H15N3O2/c1-8-3-2-4-10(8)13-11-6-5-9(7-12-11)14(15)16/h5-8,10H,2-4H2,1H3,(H,12,13). The number of hydrogen-bond donors (Lipinski definition) is 1. The summed E-state index contributed by atoms with van der Waals surface area (Å²) in [6.07, 6.45) is 4.93. The Bertz CT molecular complexity index is 377. The van der Waals surface area contributed by atoms with Gasteiger partial charge < -0.3 is 5.32 Å². The summed E-state index contributed by atoms with van der Waals surface area (Å²) in [6.45, 7) is 2.22. The summed E-state index contributed by atoms with van der Waals surface area (Å²) in [6, 6.07) is 3.60. The maximum Gasteiger partial charge on any atom is 0.287 e. The lowest BCUT2D eigenvalue weighted by molar-refractivity contribution is -0.385. The average Bonchev–Trinajstić information content (AvgIpc) is 2.65. The molecule has 1 aliphatic carbocycles. The molecule has 86 valence electrons. The zero-order chi connectivity index (χ0) is 11.5. The Balaban J connectivity index is 2.02. The third-order valence-corrected chi connectivity index (χ3v) is 3.15. The van der Waals surface area contributed by atoms with Gasteiger partial charge in [-0.2, -0.15) is 0 Å². The predicted molar refractivity (Wildman–Crippen MR) is 61.3 cm³/mol. The quantitative estimate of drug-likeness (QED) is 0.629. The maximum atomic E-state index is 10.5.